The number of amides is 2. The topological polar surface area (TPSA) is 49.4 Å². The van der Waals surface area contributed by atoms with Crippen molar-refractivity contribution in [2.75, 3.05) is 19.6 Å². The number of hydrogen-bond donors (Lipinski definition) is 1. The van der Waals surface area contributed by atoms with E-state index in [1.54, 1.807) is 12.1 Å². The van der Waals surface area contributed by atoms with Gasteiger partial charge in [-0.1, -0.05) is 25.0 Å². The van der Waals surface area contributed by atoms with E-state index in [2.05, 4.69) is 5.32 Å². The Labute approximate surface area is 142 Å². The lowest BCUT2D eigenvalue weighted by molar-refractivity contribution is -0.134. The summed E-state index contributed by atoms with van der Waals surface area (Å²) in [6.07, 6.45) is 5.89. The van der Waals surface area contributed by atoms with E-state index in [0.717, 1.165) is 31.5 Å². The second kappa shape index (κ2) is 7.77. The summed E-state index contributed by atoms with van der Waals surface area (Å²) in [5.74, 6) is -0.389. The lowest BCUT2D eigenvalue weighted by atomic mass is 10.1. The Morgan fingerprint density at radius 1 is 1.04 bits per heavy atom. The minimum absolute atomic E-state index is 0.0229. The van der Waals surface area contributed by atoms with Crippen molar-refractivity contribution >= 4 is 11.8 Å². The highest BCUT2D eigenvalue weighted by Gasteiger charge is 2.49. The summed E-state index contributed by atoms with van der Waals surface area (Å²) in [5, 5.41) is 2.90. The quantitative estimate of drug-likeness (QED) is 0.901. The highest BCUT2D eigenvalue weighted by molar-refractivity contribution is 5.92. The Hall–Kier alpha value is -1.91. The molecule has 1 saturated heterocycles. The van der Waals surface area contributed by atoms with Crippen molar-refractivity contribution in [3.05, 3.63) is 35.6 Å². The fourth-order valence-electron chi connectivity index (χ4n) is 3.40. The van der Waals surface area contributed by atoms with Gasteiger partial charge in [-0.05, 0) is 43.4 Å². The highest BCUT2D eigenvalue weighted by Crippen LogP contribution is 2.40. The molecule has 2 amide bonds. The van der Waals surface area contributed by atoms with Gasteiger partial charge in [-0.25, -0.2) is 4.39 Å². The molecule has 1 aliphatic carbocycles. The van der Waals surface area contributed by atoms with E-state index in [1.807, 2.05) is 4.90 Å². The van der Waals surface area contributed by atoms with Crippen LogP contribution in [0.4, 0.5) is 4.39 Å². The van der Waals surface area contributed by atoms with Crippen LogP contribution < -0.4 is 5.32 Å². The molecule has 0 spiro atoms. The maximum Gasteiger partial charge on any atom is 0.226 e. The van der Waals surface area contributed by atoms with Crippen molar-refractivity contribution in [1.82, 2.24) is 10.2 Å². The van der Waals surface area contributed by atoms with Gasteiger partial charge in [0, 0.05) is 19.6 Å². The largest absolute Gasteiger partial charge is 0.356 e. The van der Waals surface area contributed by atoms with Crippen LogP contribution in [0, 0.1) is 17.7 Å². The SMILES string of the molecule is O=C(NCCc1ccc(F)cc1)C1CC1C(=O)N1CCCCCC1. The number of halogens is 1. The predicted octanol–water partition coefficient (Wildman–Crippen LogP) is 2.52. The number of nitrogens with zero attached hydrogens (tertiary/aromatic N) is 1. The molecule has 1 saturated carbocycles. The van der Waals surface area contributed by atoms with Crippen LogP contribution in [0.2, 0.25) is 0 Å². The van der Waals surface area contributed by atoms with Crippen LogP contribution in [0.3, 0.4) is 0 Å². The zero-order valence-corrected chi connectivity index (χ0v) is 14.0. The standard InChI is InChI=1S/C19H25FN2O2/c20-15-7-5-14(6-8-15)9-10-21-18(23)16-13-17(16)19(24)22-11-3-1-2-4-12-22/h5-8,16-17H,1-4,9-13H2,(H,21,23). The fourth-order valence-corrected chi connectivity index (χ4v) is 3.40. The highest BCUT2D eigenvalue weighted by atomic mass is 19.1. The number of carbonyl (C=O) groups excluding carboxylic acids is 2. The first-order valence-corrected chi connectivity index (χ1v) is 8.96. The second-order valence-electron chi connectivity index (χ2n) is 6.86. The van der Waals surface area contributed by atoms with Gasteiger partial charge in [0.05, 0.1) is 11.8 Å². The molecule has 1 aromatic rings. The molecule has 5 heteroatoms. The summed E-state index contributed by atoms with van der Waals surface area (Å²) in [7, 11) is 0. The van der Waals surface area contributed by atoms with Crippen molar-refractivity contribution in [3.63, 3.8) is 0 Å². The molecule has 1 heterocycles. The third-order valence-electron chi connectivity index (χ3n) is 4.99. The van der Waals surface area contributed by atoms with E-state index in [1.165, 1.54) is 25.0 Å². The Bertz CT molecular complexity index is 580. The molecule has 2 fully saturated rings. The molecule has 1 aliphatic heterocycles. The normalized spacial score (nSPS) is 23.5. The van der Waals surface area contributed by atoms with E-state index in [0.29, 0.717) is 19.4 Å². The molecule has 1 aromatic carbocycles. The number of rotatable bonds is 5. The predicted molar refractivity (Wildman–Crippen MR) is 89.8 cm³/mol. The van der Waals surface area contributed by atoms with Gasteiger partial charge in [-0.15, -0.1) is 0 Å². The maximum atomic E-state index is 12.8. The molecule has 2 aliphatic rings. The van der Waals surface area contributed by atoms with Crippen molar-refractivity contribution in [2.24, 2.45) is 11.8 Å². The molecule has 24 heavy (non-hydrogen) atoms. The van der Waals surface area contributed by atoms with Crippen LogP contribution in [0.5, 0.6) is 0 Å². The van der Waals surface area contributed by atoms with Gasteiger partial charge >= 0.3 is 0 Å². The van der Waals surface area contributed by atoms with Crippen LogP contribution in [-0.2, 0) is 16.0 Å². The Morgan fingerprint density at radius 2 is 1.71 bits per heavy atom. The Balaban J connectivity index is 1.40. The van der Waals surface area contributed by atoms with Crippen LogP contribution in [0.1, 0.15) is 37.7 Å². The van der Waals surface area contributed by atoms with E-state index in [-0.39, 0.29) is 29.5 Å². The molecule has 0 aromatic heterocycles. The van der Waals surface area contributed by atoms with Gasteiger partial charge in [0.2, 0.25) is 11.8 Å². The summed E-state index contributed by atoms with van der Waals surface area (Å²) in [4.78, 5) is 26.6. The van der Waals surface area contributed by atoms with E-state index in [4.69, 9.17) is 0 Å². The summed E-state index contributed by atoms with van der Waals surface area (Å²) < 4.78 is 12.8. The average molecular weight is 332 g/mol. The number of nitrogens with one attached hydrogen (secondary N) is 1. The zero-order chi connectivity index (χ0) is 16.9. The van der Waals surface area contributed by atoms with Crippen LogP contribution >= 0.6 is 0 Å². The van der Waals surface area contributed by atoms with Crippen molar-refractivity contribution in [1.29, 1.82) is 0 Å². The van der Waals surface area contributed by atoms with Gasteiger partial charge in [0.25, 0.3) is 0 Å². The summed E-state index contributed by atoms with van der Waals surface area (Å²) in [6.45, 7) is 2.20. The molecule has 2 unspecified atom stereocenters. The minimum atomic E-state index is -0.254. The molecule has 0 bridgehead atoms. The number of carbonyl (C=O) groups is 2. The molecular weight excluding hydrogens is 307 g/mol. The Kier molecular flexibility index (Phi) is 5.48. The molecule has 130 valence electrons. The fraction of sp³-hybridized carbons (Fsp3) is 0.579. The van der Waals surface area contributed by atoms with Crippen LogP contribution in [0.25, 0.3) is 0 Å². The first-order valence-electron chi connectivity index (χ1n) is 8.96. The van der Waals surface area contributed by atoms with Gasteiger partial charge in [-0.3, -0.25) is 9.59 Å². The first-order chi connectivity index (χ1) is 11.6. The number of likely N-dealkylation sites (tertiary alicyclic amines) is 1. The van der Waals surface area contributed by atoms with Crippen LogP contribution in [-0.4, -0.2) is 36.3 Å². The first kappa shape index (κ1) is 16.9. The zero-order valence-electron chi connectivity index (χ0n) is 14.0. The van der Waals surface area contributed by atoms with Gasteiger partial charge in [-0.2, -0.15) is 0 Å². The summed E-state index contributed by atoms with van der Waals surface area (Å²) in [6, 6.07) is 6.30. The van der Waals surface area contributed by atoms with Crippen LogP contribution in [0.15, 0.2) is 24.3 Å². The van der Waals surface area contributed by atoms with E-state index < -0.39 is 0 Å². The lowest BCUT2D eigenvalue weighted by Crippen LogP contribution is -2.35. The van der Waals surface area contributed by atoms with E-state index >= 15 is 0 Å². The van der Waals surface area contributed by atoms with Crippen molar-refractivity contribution in [2.45, 2.75) is 38.5 Å². The Morgan fingerprint density at radius 3 is 2.38 bits per heavy atom. The van der Waals surface area contributed by atoms with E-state index in [9.17, 15) is 14.0 Å². The third kappa shape index (κ3) is 4.34. The van der Waals surface area contributed by atoms with Gasteiger partial charge in [0.1, 0.15) is 5.82 Å². The number of hydrogen-bond acceptors (Lipinski definition) is 2. The maximum absolute atomic E-state index is 12.8. The summed E-state index contributed by atoms with van der Waals surface area (Å²) >= 11 is 0. The molecule has 0 radical (unpaired) electrons. The van der Waals surface area contributed by atoms with Gasteiger partial charge < -0.3 is 10.2 Å². The molecule has 1 N–H and O–H groups in total. The third-order valence-corrected chi connectivity index (χ3v) is 4.99. The molecule has 4 nitrogen and oxygen atoms in total. The molecule has 3 rings (SSSR count). The van der Waals surface area contributed by atoms with Gasteiger partial charge in [0.15, 0.2) is 0 Å². The smallest absolute Gasteiger partial charge is 0.226 e. The molecule has 2 atom stereocenters. The summed E-state index contributed by atoms with van der Waals surface area (Å²) in [5.41, 5.74) is 0.990. The monoisotopic (exact) mass is 332 g/mol. The van der Waals surface area contributed by atoms with Crippen molar-refractivity contribution < 1.29 is 14.0 Å². The lowest BCUT2D eigenvalue weighted by Gasteiger charge is -2.20. The molecular formula is C19H25FN2O2. The average Bonchev–Trinajstić information content (AvgIpc) is 3.40. The van der Waals surface area contributed by atoms with Crippen molar-refractivity contribution in [3.8, 4) is 0 Å². The minimum Gasteiger partial charge on any atom is -0.356 e. The number of benzene rings is 1. The second-order valence-corrected chi connectivity index (χ2v) is 6.86.